The van der Waals surface area contributed by atoms with Crippen LogP contribution in [0.15, 0.2) is 18.2 Å². The van der Waals surface area contributed by atoms with Crippen molar-refractivity contribution in [3.8, 4) is 0 Å². The van der Waals surface area contributed by atoms with Gasteiger partial charge in [0, 0.05) is 5.69 Å². The fourth-order valence-electron chi connectivity index (χ4n) is 0.778. The number of aryl methyl sites for hydroxylation is 1. The number of hydrogen-bond acceptors (Lipinski definition) is 2. The molecule has 0 unspecified atom stereocenters. The quantitative estimate of drug-likeness (QED) is 0.280. The van der Waals surface area contributed by atoms with Gasteiger partial charge in [0.15, 0.2) is 0 Å². The van der Waals surface area contributed by atoms with Gasteiger partial charge in [-0.25, -0.2) is 0 Å². The van der Waals surface area contributed by atoms with Gasteiger partial charge in [-0.05, 0) is 12.5 Å². The number of anilines is 1. The Kier molecular flexibility index (Phi) is 11.0. The third-order valence-corrected chi connectivity index (χ3v) is 1.44. The topological polar surface area (TPSA) is 66.1 Å². The van der Waals surface area contributed by atoms with E-state index in [1.165, 1.54) is 0 Å². The van der Waals surface area contributed by atoms with Crippen molar-refractivity contribution in [3.63, 3.8) is 0 Å². The number of nitrogen functional groups attached to an aromatic ring is 1. The maximum Gasteiger partial charge on any atom is 1.00 e. The third-order valence-electron chi connectivity index (χ3n) is 1.44. The molecule has 0 aliphatic heterocycles. The van der Waals surface area contributed by atoms with Crippen molar-refractivity contribution in [2.45, 2.75) is 20.8 Å². The predicted molar refractivity (Wildman–Crippen MR) is 54.1 cm³/mol. The first-order valence-corrected chi connectivity index (χ1v) is 4.01. The van der Waals surface area contributed by atoms with Crippen LogP contribution in [0.2, 0.25) is 0 Å². The van der Waals surface area contributed by atoms with E-state index in [0.29, 0.717) is 11.4 Å². The Balaban J connectivity index is 0. The number of nitrogens with two attached hydrogens (primary N) is 2. The van der Waals surface area contributed by atoms with Crippen LogP contribution in [0.4, 0.5) is 11.4 Å². The standard InChI is InChI=1S/C7H10N3.C2H6.K/c1-5-3-2-4-6(10-9)7(5)8;1-2;/h2-4H,8-9H2,1H3;1-2H3;/q-1;;+1. The van der Waals surface area contributed by atoms with Gasteiger partial charge < -0.3 is 17.0 Å². The second-order valence-electron chi connectivity index (χ2n) is 2.14. The Hall–Kier alpha value is 0.416. The maximum atomic E-state index is 5.62. The number of hydrogen-bond donors (Lipinski definition) is 2. The summed E-state index contributed by atoms with van der Waals surface area (Å²) in [5.74, 6) is 5.06. The van der Waals surface area contributed by atoms with Gasteiger partial charge in [0.1, 0.15) is 0 Å². The van der Waals surface area contributed by atoms with E-state index in [1.807, 2.05) is 32.9 Å². The van der Waals surface area contributed by atoms with Gasteiger partial charge in [-0.2, -0.15) is 0 Å². The smallest absolute Gasteiger partial charge is 0.624 e. The first-order chi connectivity index (χ1) is 5.75. The Labute approximate surface area is 123 Å². The minimum absolute atomic E-state index is 0. The van der Waals surface area contributed by atoms with Gasteiger partial charge in [0.25, 0.3) is 0 Å². The van der Waals surface area contributed by atoms with Crippen molar-refractivity contribution in [1.82, 2.24) is 0 Å². The summed E-state index contributed by atoms with van der Waals surface area (Å²) in [6.45, 7) is 5.92. The molecular weight excluding hydrogens is 189 g/mol. The van der Waals surface area contributed by atoms with E-state index in [4.69, 9.17) is 11.6 Å². The van der Waals surface area contributed by atoms with Crippen LogP contribution >= 0.6 is 0 Å². The van der Waals surface area contributed by atoms with Gasteiger partial charge in [-0.1, -0.05) is 32.0 Å². The second-order valence-corrected chi connectivity index (χ2v) is 2.14. The first kappa shape index (κ1) is 15.9. The molecule has 0 atom stereocenters. The normalized spacial score (nSPS) is 7.69. The molecule has 4 heteroatoms. The molecule has 1 aromatic rings. The third kappa shape index (κ3) is 5.00. The summed E-state index contributed by atoms with van der Waals surface area (Å²) in [5.41, 5.74) is 11.4. The molecule has 1 rings (SSSR count). The first-order valence-electron chi connectivity index (χ1n) is 4.01. The average molecular weight is 205 g/mol. The predicted octanol–water partition coefficient (Wildman–Crippen LogP) is -0.514. The molecule has 0 heterocycles. The van der Waals surface area contributed by atoms with Crippen molar-refractivity contribution in [2.24, 2.45) is 5.84 Å². The van der Waals surface area contributed by atoms with Crippen LogP contribution < -0.4 is 63.0 Å². The molecule has 0 aromatic heterocycles. The summed E-state index contributed by atoms with van der Waals surface area (Å²) in [6.07, 6.45) is 0. The largest absolute Gasteiger partial charge is 1.00 e. The van der Waals surface area contributed by atoms with Crippen LogP contribution in [0.3, 0.4) is 0 Å². The SMILES string of the molecule is CC.Cc1cccc([N-]N)c1N.[K+]. The van der Waals surface area contributed by atoms with Gasteiger partial charge in [-0.3, -0.25) is 0 Å². The van der Waals surface area contributed by atoms with Crippen LogP contribution in [0.25, 0.3) is 5.43 Å². The number of rotatable bonds is 1. The minimum Gasteiger partial charge on any atom is -0.624 e. The Bertz CT molecular complexity index is 238. The molecule has 0 aliphatic carbocycles. The number of para-hydroxylation sites is 1. The van der Waals surface area contributed by atoms with Crippen molar-refractivity contribution < 1.29 is 51.4 Å². The molecular formula is C9H16KN3. The molecule has 1 aromatic carbocycles. The molecule has 13 heavy (non-hydrogen) atoms. The van der Waals surface area contributed by atoms with Crippen molar-refractivity contribution >= 4 is 11.4 Å². The van der Waals surface area contributed by atoms with E-state index < -0.39 is 0 Å². The average Bonchev–Trinajstić information content (AvgIpc) is 2.13. The van der Waals surface area contributed by atoms with E-state index in [9.17, 15) is 0 Å². The zero-order chi connectivity index (χ0) is 9.56. The summed E-state index contributed by atoms with van der Waals surface area (Å²) < 4.78 is 0. The number of benzene rings is 1. The molecule has 0 aliphatic rings. The molecule has 68 valence electrons. The van der Waals surface area contributed by atoms with E-state index in [1.54, 1.807) is 6.07 Å². The zero-order valence-corrected chi connectivity index (χ0v) is 12.0. The van der Waals surface area contributed by atoms with Crippen LogP contribution in [0, 0.1) is 6.92 Å². The van der Waals surface area contributed by atoms with Crippen molar-refractivity contribution in [1.29, 1.82) is 0 Å². The van der Waals surface area contributed by atoms with E-state index in [0.717, 1.165) is 5.56 Å². The second kappa shape index (κ2) is 8.99. The summed E-state index contributed by atoms with van der Waals surface area (Å²) >= 11 is 0. The van der Waals surface area contributed by atoms with Crippen molar-refractivity contribution in [3.05, 3.63) is 29.2 Å². The molecule has 3 nitrogen and oxygen atoms in total. The van der Waals surface area contributed by atoms with E-state index in [-0.39, 0.29) is 51.4 Å². The Morgan fingerprint density at radius 1 is 1.23 bits per heavy atom. The summed E-state index contributed by atoms with van der Waals surface area (Å²) in [4.78, 5) is 0. The molecule has 0 saturated heterocycles. The summed E-state index contributed by atoms with van der Waals surface area (Å²) in [6, 6.07) is 5.57. The Morgan fingerprint density at radius 2 is 1.77 bits per heavy atom. The molecule has 0 saturated carbocycles. The Morgan fingerprint density at radius 3 is 2.15 bits per heavy atom. The van der Waals surface area contributed by atoms with Gasteiger partial charge in [-0.15, -0.1) is 5.69 Å². The molecule has 4 N–H and O–H groups in total. The van der Waals surface area contributed by atoms with Crippen LogP contribution in [0.5, 0.6) is 0 Å². The van der Waals surface area contributed by atoms with Gasteiger partial charge in [0.2, 0.25) is 0 Å². The fraction of sp³-hybridized carbons (Fsp3) is 0.333. The van der Waals surface area contributed by atoms with Crippen LogP contribution in [0.1, 0.15) is 19.4 Å². The van der Waals surface area contributed by atoms with Crippen LogP contribution in [-0.4, -0.2) is 0 Å². The van der Waals surface area contributed by atoms with Crippen molar-refractivity contribution in [2.75, 3.05) is 5.73 Å². The van der Waals surface area contributed by atoms with E-state index >= 15 is 0 Å². The molecule has 0 amide bonds. The minimum atomic E-state index is 0. The molecule has 0 fully saturated rings. The molecule has 0 radical (unpaired) electrons. The van der Waals surface area contributed by atoms with Crippen LogP contribution in [-0.2, 0) is 0 Å². The maximum absolute atomic E-state index is 5.62. The van der Waals surface area contributed by atoms with Gasteiger partial charge in [0.05, 0.1) is 0 Å². The van der Waals surface area contributed by atoms with Gasteiger partial charge >= 0.3 is 51.4 Å². The monoisotopic (exact) mass is 205 g/mol. The van der Waals surface area contributed by atoms with E-state index in [2.05, 4.69) is 5.43 Å². The number of nitrogens with zero attached hydrogens (tertiary/aromatic N) is 1. The molecule has 0 spiro atoms. The zero-order valence-electron chi connectivity index (χ0n) is 8.83. The summed E-state index contributed by atoms with van der Waals surface area (Å²) in [7, 11) is 0. The summed E-state index contributed by atoms with van der Waals surface area (Å²) in [5, 5.41) is 0. The fourth-order valence-corrected chi connectivity index (χ4v) is 0.778. The molecule has 0 bridgehead atoms.